The van der Waals surface area contributed by atoms with Gasteiger partial charge in [-0.25, -0.2) is 13.1 Å². The summed E-state index contributed by atoms with van der Waals surface area (Å²) in [7, 11) is -0.867. The van der Waals surface area contributed by atoms with Gasteiger partial charge in [-0.05, 0) is 18.2 Å². The van der Waals surface area contributed by atoms with E-state index in [1.54, 1.807) is 12.1 Å². The zero-order valence-corrected chi connectivity index (χ0v) is 14.3. The fourth-order valence-corrected chi connectivity index (χ4v) is 4.14. The van der Waals surface area contributed by atoms with Gasteiger partial charge >= 0.3 is 0 Å². The highest BCUT2D eigenvalue weighted by molar-refractivity contribution is 7.89. The van der Waals surface area contributed by atoms with Crippen molar-refractivity contribution in [2.24, 2.45) is 0 Å². The Morgan fingerprint density at radius 2 is 1.92 bits per heavy atom. The van der Waals surface area contributed by atoms with Crippen molar-refractivity contribution < 1.29 is 22.6 Å². The summed E-state index contributed by atoms with van der Waals surface area (Å²) in [6.45, 7) is 0.458. The fourth-order valence-electron chi connectivity index (χ4n) is 2.71. The molecule has 0 saturated carbocycles. The molecule has 1 atom stereocenters. The molecule has 1 N–H and O–H groups in total. The van der Waals surface area contributed by atoms with Crippen LogP contribution in [0.1, 0.15) is 18.0 Å². The Labute approximate surface area is 141 Å². The average Bonchev–Trinajstić information content (AvgIpc) is 2.61. The Bertz CT molecular complexity index is 835. The van der Waals surface area contributed by atoms with Crippen LogP contribution in [-0.2, 0) is 10.0 Å². The molecular weight excluding hydrogens is 330 g/mol. The fraction of sp³-hybridized carbons (Fsp3) is 0.294. The Balaban J connectivity index is 1.96. The molecular formula is C17H19NO5S. The second-order valence-corrected chi connectivity index (χ2v) is 7.05. The molecule has 128 valence electrons. The average molecular weight is 349 g/mol. The SMILES string of the molecule is COc1ccc(OC)c(S(=O)(=O)NC2CCOc3ccccc32)c1. The van der Waals surface area contributed by atoms with E-state index in [0.717, 1.165) is 5.56 Å². The molecule has 0 spiro atoms. The van der Waals surface area contributed by atoms with E-state index in [-0.39, 0.29) is 16.7 Å². The topological polar surface area (TPSA) is 73.9 Å². The predicted octanol–water partition coefficient (Wildman–Crippen LogP) is 2.51. The van der Waals surface area contributed by atoms with Crippen molar-refractivity contribution in [1.82, 2.24) is 4.72 Å². The highest BCUT2D eigenvalue weighted by Crippen LogP contribution is 2.34. The van der Waals surface area contributed by atoms with E-state index in [1.165, 1.54) is 20.3 Å². The zero-order chi connectivity index (χ0) is 17.2. The Morgan fingerprint density at radius 3 is 2.67 bits per heavy atom. The minimum Gasteiger partial charge on any atom is -0.497 e. The summed E-state index contributed by atoms with van der Waals surface area (Å²) in [6, 6.07) is 11.8. The van der Waals surface area contributed by atoms with Crippen LogP contribution in [0.5, 0.6) is 17.2 Å². The van der Waals surface area contributed by atoms with Gasteiger partial charge in [0.15, 0.2) is 0 Å². The maximum Gasteiger partial charge on any atom is 0.244 e. The number of benzene rings is 2. The second-order valence-electron chi connectivity index (χ2n) is 5.37. The number of sulfonamides is 1. The third kappa shape index (κ3) is 3.18. The van der Waals surface area contributed by atoms with E-state index in [9.17, 15) is 8.42 Å². The van der Waals surface area contributed by atoms with Gasteiger partial charge in [0.1, 0.15) is 22.1 Å². The minimum absolute atomic E-state index is 0.0494. The van der Waals surface area contributed by atoms with Gasteiger partial charge in [-0.15, -0.1) is 0 Å². The number of hydrogen-bond acceptors (Lipinski definition) is 5. The van der Waals surface area contributed by atoms with Gasteiger partial charge in [0.2, 0.25) is 10.0 Å². The lowest BCUT2D eigenvalue weighted by Gasteiger charge is -2.26. The molecule has 1 heterocycles. The molecule has 1 aliphatic rings. The van der Waals surface area contributed by atoms with Gasteiger partial charge in [-0.1, -0.05) is 18.2 Å². The molecule has 2 aromatic rings. The molecule has 0 radical (unpaired) electrons. The van der Waals surface area contributed by atoms with Gasteiger partial charge in [0, 0.05) is 18.1 Å². The van der Waals surface area contributed by atoms with Crippen LogP contribution in [0.3, 0.4) is 0 Å². The normalized spacial score (nSPS) is 16.8. The van der Waals surface area contributed by atoms with E-state index >= 15 is 0 Å². The highest BCUT2D eigenvalue weighted by Gasteiger charge is 2.28. The Kier molecular flexibility index (Phi) is 4.64. The van der Waals surface area contributed by atoms with Crippen molar-refractivity contribution in [2.75, 3.05) is 20.8 Å². The summed E-state index contributed by atoms with van der Waals surface area (Å²) in [6.07, 6.45) is 0.558. The van der Waals surface area contributed by atoms with Crippen LogP contribution in [-0.4, -0.2) is 29.2 Å². The van der Waals surface area contributed by atoms with Crippen molar-refractivity contribution in [3.63, 3.8) is 0 Å². The molecule has 1 unspecified atom stereocenters. The number of methoxy groups -OCH3 is 2. The zero-order valence-electron chi connectivity index (χ0n) is 13.5. The lowest BCUT2D eigenvalue weighted by molar-refractivity contribution is 0.263. The smallest absolute Gasteiger partial charge is 0.244 e. The Hall–Kier alpha value is -2.25. The summed E-state index contributed by atoms with van der Waals surface area (Å²) in [4.78, 5) is 0.0494. The third-order valence-corrected chi connectivity index (χ3v) is 5.41. The molecule has 0 amide bonds. The first-order valence-corrected chi connectivity index (χ1v) is 8.99. The van der Waals surface area contributed by atoms with Crippen LogP contribution >= 0.6 is 0 Å². The molecule has 0 fully saturated rings. The molecule has 3 rings (SSSR count). The van der Waals surface area contributed by atoms with E-state index in [0.29, 0.717) is 24.5 Å². The quantitative estimate of drug-likeness (QED) is 0.898. The van der Waals surface area contributed by atoms with Crippen molar-refractivity contribution in [1.29, 1.82) is 0 Å². The lowest BCUT2D eigenvalue weighted by atomic mass is 10.0. The largest absolute Gasteiger partial charge is 0.497 e. The van der Waals surface area contributed by atoms with Gasteiger partial charge in [-0.3, -0.25) is 0 Å². The number of hydrogen-bond donors (Lipinski definition) is 1. The summed E-state index contributed by atoms with van der Waals surface area (Å²) in [5, 5.41) is 0. The number of ether oxygens (including phenoxy) is 3. The van der Waals surface area contributed by atoms with Crippen LogP contribution in [0.2, 0.25) is 0 Å². The predicted molar refractivity (Wildman–Crippen MR) is 89.2 cm³/mol. The molecule has 24 heavy (non-hydrogen) atoms. The van der Waals surface area contributed by atoms with Gasteiger partial charge < -0.3 is 14.2 Å². The summed E-state index contributed by atoms with van der Waals surface area (Å²) in [5.74, 6) is 1.42. The van der Waals surface area contributed by atoms with Crippen molar-refractivity contribution in [2.45, 2.75) is 17.4 Å². The van der Waals surface area contributed by atoms with Crippen LogP contribution in [0.15, 0.2) is 47.4 Å². The maximum absolute atomic E-state index is 12.9. The molecule has 0 aliphatic carbocycles. The van der Waals surface area contributed by atoms with Gasteiger partial charge in [-0.2, -0.15) is 0 Å². The van der Waals surface area contributed by atoms with Gasteiger partial charge in [0.05, 0.1) is 26.9 Å². The van der Waals surface area contributed by atoms with Gasteiger partial charge in [0.25, 0.3) is 0 Å². The molecule has 0 bridgehead atoms. The molecule has 2 aromatic carbocycles. The third-order valence-electron chi connectivity index (χ3n) is 3.92. The number of rotatable bonds is 5. The highest BCUT2D eigenvalue weighted by atomic mass is 32.2. The monoisotopic (exact) mass is 349 g/mol. The van der Waals surface area contributed by atoms with Crippen molar-refractivity contribution in [3.8, 4) is 17.2 Å². The van der Waals surface area contributed by atoms with E-state index in [4.69, 9.17) is 14.2 Å². The number of para-hydroxylation sites is 1. The minimum atomic E-state index is -3.79. The van der Waals surface area contributed by atoms with Crippen molar-refractivity contribution >= 4 is 10.0 Å². The van der Waals surface area contributed by atoms with E-state index in [2.05, 4.69) is 4.72 Å². The molecule has 0 aromatic heterocycles. The van der Waals surface area contributed by atoms with Crippen LogP contribution in [0, 0.1) is 0 Å². The Morgan fingerprint density at radius 1 is 1.12 bits per heavy atom. The molecule has 0 saturated heterocycles. The van der Waals surface area contributed by atoms with Crippen molar-refractivity contribution in [3.05, 3.63) is 48.0 Å². The summed E-state index contributed by atoms with van der Waals surface area (Å²) >= 11 is 0. The first-order valence-electron chi connectivity index (χ1n) is 7.51. The lowest BCUT2D eigenvalue weighted by Crippen LogP contribution is -2.32. The first kappa shape index (κ1) is 16.6. The molecule has 1 aliphatic heterocycles. The number of fused-ring (bicyclic) bond motifs is 1. The number of nitrogens with one attached hydrogen (secondary N) is 1. The summed E-state index contributed by atoms with van der Waals surface area (Å²) < 4.78 is 44.4. The maximum atomic E-state index is 12.9. The standard InChI is InChI=1S/C17H19NO5S/c1-21-12-7-8-16(22-2)17(11-12)24(19,20)18-14-9-10-23-15-6-4-3-5-13(14)15/h3-8,11,14,18H,9-10H2,1-2H3. The van der Waals surface area contributed by atoms with Crippen LogP contribution < -0.4 is 18.9 Å². The van der Waals surface area contributed by atoms with E-state index in [1.807, 2.05) is 24.3 Å². The van der Waals surface area contributed by atoms with Crippen LogP contribution in [0.25, 0.3) is 0 Å². The second kappa shape index (κ2) is 6.70. The molecule has 7 heteroatoms. The first-order chi connectivity index (χ1) is 11.5. The van der Waals surface area contributed by atoms with Crippen LogP contribution in [0.4, 0.5) is 0 Å². The van der Waals surface area contributed by atoms with E-state index < -0.39 is 10.0 Å². The molecule has 6 nitrogen and oxygen atoms in total. The summed E-state index contributed by atoms with van der Waals surface area (Å²) in [5.41, 5.74) is 0.828.